The Morgan fingerprint density at radius 2 is 1.67 bits per heavy atom. The van der Waals surface area contributed by atoms with E-state index in [0.29, 0.717) is 0 Å². The van der Waals surface area contributed by atoms with Gasteiger partial charge >= 0.3 is 0 Å². The van der Waals surface area contributed by atoms with Crippen LogP contribution in [-0.4, -0.2) is 17.9 Å². The summed E-state index contributed by atoms with van der Waals surface area (Å²) in [6, 6.07) is 7.04. The molecule has 0 aliphatic heterocycles. The highest BCUT2D eigenvalue weighted by molar-refractivity contribution is 5.97. The maximum Gasteiger partial charge on any atom is 0.247 e. The lowest BCUT2D eigenvalue weighted by atomic mass is 10.0. The van der Waals surface area contributed by atoms with Gasteiger partial charge in [0, 0.05) is 12.6 Å². The normalized spacial score (nSPS) is 12.1. The third-order valence-corrected chi connectivity index (χ3v) is 2.63. The zero-order valence-corrected chi connectivity index (χ0v) is 11.3. The smallest absolute Gasteiger partial charge is 0.247 e. The number of anilines is 1. The van der Waals surface area contributed by atoms with Crippen molar-refractivity contribution in [1.82, 2.24) is 5.32 Å². The first-order valence-electron chi connectivity index (χ1n) is 6.04. The van der Waals surface area contributed by atoms with Crippen molar-refractivity contribution < 1.29 is 9.59 Å². The average molecular weight is 248 g/mol. The zero-order valence-electron chi connectivity index (χ0n) is 11.3. The summed E-state index contributed by atoms with van der Waals surface area (Å²) in [6.45, 7) is 7.19. The minimum Gasteiger partial charge on any atom is -0.344 e. The Hall–Kier alpha value is -1.84. The number of amides is 2. The molecule has 0 aliphatic rings. The molecule has 1 aromatic carbocycles. The van der Waals surface area contributed by atoms with Gasteiger partial charge in [0.2, 0.25) is 11.8 Å². The van der Waals surface area contributed by atoms with Crippen molar-refractivity contribution in [3.8, 4) is 0 Å². The molecule has 0 aliphatic carbocycles. The summed E-state index contributed by atoms with van der Waals surface area (Å²) in [7, 11) is 0. The van der Waals surface area contributed by atoms with Gasteiger partial charge in [0.05, 0.1) is 0 Å². The predicted molar refractivity (Wildman–Crippen MR) is 72.3 cm³/mol. The van der Waals surface area contributed by atoms with Crippen molar-refractivity contribution >= 4 is 17.5 Å². The number of hydrogen-bond acceptors (Lipinski definition) is 2. The third-order valence-electron chi connectivity index (χ3n) is 2.63. The second kappa shape index (κ2) is 6.19. The summed E-state index contributed by atoms with van der Waals surface area (Å²) >= 11 is 0. The Morgan fingerprint density at radius 3 is 2.11 bits per heavy atom. The molecule has 0 fully saturated rings. The number of carbonyl (C=O) groups is 2. The SMILES string of the molecule is CC(=O)NC(C(=O)Nc1ccc(C)cc1)C(C)C. The fraction of sp³-hybridized carbons (Fsp3) is 0.429. The largest absolute Gasteiger partial charge is 0.344 e. The third kappa shape index (κ3) is 4.20. The van der Waals surface area contributed by atoms with Crippen LogP contribution in [0.25, 0.3) is 0 Å². The molecule has 0 spiro atoms. The second-order valence-corrected chi connectivity index (χ2v) is 4.78. The van der Waals surface area contributed by atoms with Crippen LogP contribution in [0.4, 0.5) is 5.69 Å². The van der Waals surface area contributed by atoms with E-state index in [4.69, 9.17) is 0 Å². The van der Waals surface area contributed by atoms with Gasteiger partial charge in [-0.05, 0) is 25.0 Å². The van der Waals surface area contributed by atoms with E-state index in [-0.39, 0.29) is 17.7 Å². The highest BCUT2D eigenvalue weighted by Gasteiger charge is 2.22. The van der Waals surface area contributed by atoms with Crippen LogP contribution in [0, 0.1) is 12.8 Å². The van der Waals surface area contributed by atoms with Gasteiger partial charge in [-0.25, -0.2) is 0 Å². The Labute approximate surface area is 108 Å². The van der Waals surface area contributed by atoms with Gasteiger partial charge in [-0.15, -0.1) is 0 Å². The minimum atomic E-state index is -0.510. The summed E-state index contributed by atoms with van der Waals surface area (Å²) in [6.07, 6.45) is 0. The van der Waals surface area contributed by atoms with E-state index < -0.39 is 6.04 Å². The number of rotatable bonds is 4. The van der Waals surface area contributed by atoms with Gasteiger partial charge < -0.3 is 10.6 Å². The number of nitrogens with one attached hydrogen (secondary N) is 2. The Balaban J connectivity index is 2.72. The van der Waals surface area contributed by atoms with E-state index in [2.05, 4.69) is 10.6 Å². The standard InChI is InChI=1S/C14H20N2O2/c1-9(2)13(15-11(4)17)14(18)16-12-7-5-10(3)6-8-12/h5-9,13H,1-4H3,(H,15,17)(H,16,18). The minimum absolute atomic E-state index is 0.0411. The summed E-state index contributed by atoms with van der Waals surface area (Å²) in [4.78, 5) is 23.1. The first-order valence-corrected chi connectivity index (χ1v) is 6.04. The van der Waals surface area contributed by atoms with E-state index in [0.717, 1.165) is 11.3 Å². The van der Waals surface area contributed by atoms with Crippen LogP contribution >= 0.6 is 0 Å². The van der Waals surface area contributed by atoms with Gasteiger partial charge in [-0.3, -0.25) is 9.59 Å². The lowest BCUT2D eigenvalue weighted by Gasteiger charge is -2.20. The van der Waals surface area contributed by atoms with Crippen LogP contribution < -0.4 is 10.6 Å². The molecule has 0 radical (unpaired) electrons. The quantitative estimate of drug-likeness (QED) is 0.857. The molecule has 0 bridgehead atoms. The summed E-state index contributed by atoms with van der Waals surface area (Å²) in [5, 5.41) is 5.46. The maximum atomic E-state index is 12.0. The van der Waals surface area contributed by atoms with Gasteiger partial charge in [-0.1, -0.05) is 31.5 Å². The molecule has 2 N–H and O–H groups in total. The predicted octanol–water partition coefficient (Wildman–Crippen LogP) is 2.09. The topological polar surface area (TPSA) is 58.2 Å². The average Bonchev–Trinajstić information content (AvgIpc) is 2.28. The molecular formula is C14H20N2O2. The Morgan fingerprint density at radius 1 is 1.11 bits per heavy atom. The zero-order chi connectivity index (χ0) is 13.7. The molecule has 18 heavy (non-hydrogen) atoms. The lowest BCUT2D eigenvalue weighted by Crippen LogP contribution is -2.46. The number of hydrogen-bond donors (Lipinski definition) is 2. The lowest BCUT2D eigenvalue weighted by molar-refractivity contribution is -0.126. The van der Waals surface area contributed by atoms with Gasteiger partial charge in [-0.2, -0.15) is 0 Å². The van der Waals surface area contributed by atoms with Gasteiger partial charge in [0.25, 0.3) is 0 Å². The highest BCUT2D eigenvalue weighted by Crippen LogP contribution is 2.11. The van der Waals surface area contributed by atoms with E-state index in [9.17, 15) is 9.59 Å². The first kappa shape index (κ1) is 14.2. The highest BCUT2D eigenvalue weighted by atomic mass is 16.2. The molecule has 1 atom stereocenters. The molecule has 0 saturated carbocycles. The summed E-state index contributed by atoms with van der Waals surface area (Å²) in [5.41, 5.74) is 1.87. The van der Waals surface area contributed by atoms with Crippen LogP contribution in [0.15, 0.2) is 24.3 Å². The molecule has 0 saturated heterocycles. The van der Waals surface area contributed by atoms with Crippen LogP contribution in [0.1, 0.15) is 26.3 Å². The van der Waals surface area contributed by atoms with Crippen molar-refractivity contribution in [3.05, 3.63) is 29.8 Å². The molecule has 98 valence electrons. The molecule has 1 aromatic rings. The first-order chi connectivity index (χ1) is 8.40. The van der Waals surface area contributed by atoms with E-state index in [1.807, 2.05) is 45.0 Å². The van der Waals surface area contributed by atoms with Crippen LogP contribution in [0.5, 0.6) is 0 Å². The van der Waals surface area contributed by atoms with E-state index in [1.165, 1.54) is 6.92 Å². The maximum absolute atomic E-state index is 12.0. The van der Waals surface area contributed by atoms with Crippen LogP contribution in [-0.2, 0) is 9.59 Å². The Kier molecular flexibility index (Phi) is 4.89. The number of carbonyl (C=O) groups excluding carboxylic acids is 2. The fourth-order valence-corrected chi connectivity index (χ4v) is 1.61. The second-order valence-electron chi connectivity index (χ2n) is 4.78. The molecular weight excluding hydrogens is 228 g/mol. The monoisotopic (exact) mass is 248 g/mol. The van der Waals surface area contributed by atoms with Gasteiger partial charge in [0.1, 0.15) is 6.04 Å². The number of benzene rings is 1. The van der Waals surface area contributed by atoms with Crippen molar-refractivity contribution in [2.24, 2.45) is 5.92 Å². The molecule has 2 amide bonds. The van der Waals surface area contributed by atoms with Crippen molar-refractivity contribution in [1.29, 1.82) is 0 Å². The van der Waals surface area contributed by atoms with E-state index >= 15 is 0 Å². The van der Waals surface area contributed by atoms with Crippen molar-refractivity contribution in [3.63, 3.8) is 0 Å². The fourth-order valence-electron chi connectivity index (χ4n) is 1.61. The molecule has 4 nitrogen and oxygen atoms in total. The molecule has 0 heterocycles. The van der Waals surface area contributed by atoms with Crippen molar-refractivity contribution in [2.45, 2.75) is 33.7 Å². The Bertz CT molecular complexity index is 424. The van der Waals surface area contributed by atoms with Gasteiger partial charge in [0.15, 0.2) is 0 Å². The van der Waals surface area contributed by atoms with Crippen LogP contribution in [0.3, 0.4) is 0 Å². The van der Waals surface area contributed by atoms with Crippen LogP contribution in [0.2, 0.25) is 0 Å². The summed E-state index contributed by atoms with van der Waals surface area (Å²) in [5.74, 6) is -0.351. The van der Waals surface area contributed by atoms with Crippen molar-refractivity contribution in [2.75, 3.05) is 5.32 Å². The molecule has 0 aromatic heterocycles. The molecule has 1 rings (SSSR count). The molecule has 4 heteroatoms. The summed E-state index contributed by atoms with van der Waals surface area (Å²) < 4.78 is 0. The number of aryl methyl sites for hydroxylation is 1. The van der Waals surface area contributed by atoms with E-state index in [1.54, 1.807) is 0 Å². The molecule has 1 unspecified atom stereocenters.